The number of aliphatic hydroxyl groups excluding tert-OH is 1. The van der Waals surface area contributed by atoms with Crippen molar-refractivity contribution < 1.29 is 19.7 Å². The average molecular weight is 461 g/mol. The molecule has 188 valence electrons. The minimum atomic E-state index is -0.686. The van der Waals surface area contributed by atoms with Crippen molar-refractivity contribution >= 4 is 5.78 Å². The van der Waals surface area contributed by atoms with Crippen LogP contribution >= 0.6 is 0 Å². The Morgan fingerprint density at radius 1 is 1.00 bits per heavy atom. The van der Waals surface area contributed by atoms with Crippen molar-refractivity contribution in [2.45, 2.75) is 123 Å². The average Bonchev–Trinajstić information content (AvgIpc) is 3.04. The molecule has 0 radical (unpaired) electrons. The second-order valence-corrected chi connectivity index (χ2v) is 13.7. The molecule has 8 unspecified atom stereocenters. The summed E-state index contributed by atoms with van der Waals surface area (Å²) < 4.78 is 6.11. The summed E-state index contributed by atoms with van der Waals surface area (Å²) in [6.07, 6.45) is 10.5. The maximum absolute atomic E-state index is 13.7. The fourth-order valence-corrected chi connectivity index (χ4v) is 9.95. The van der Waals surface area contributed by atoms with E-state index in [-0.39, 0.29) is 40.6 Å². The third-order valence-corrected chi connectivity index (χ3v) is 12.1. The highest BCUT2D eigenvalue weighted by molar-refractivity contribution is 5.85. The number of ether oxygens (including phenoxy) is 1. The normalized spacial score (nSPS) is 53.3. The van der Waals surface area contributed by atoms with E-state index in [1.54, 1.807) is 0 Å². The van der Waals surface area contributed by atoms with E-state index in [2.05, 4.69) is 34.6 Å². The van der Waals surface area contributed by atoms with Crippen molar-refractivity contribution in [3.05, 3.63) is 0 Å². The van der Waals surface area contributed by atoms with Crippen molar-refractivity contribution in [1.82, 2.24) is 0 Å². The first-order valence-electron chi connectivity index (χ1n) is 14.1. The molecular weight excluding hydrogens is 412 g/mol. The summed E-state index contributed by atoms with van der Waals surface area (Å²) in [7, 11) is 0. The molecule has 0 aromatic heterocycles. The van der Waals surface area contributed by atoms with Gasteiger partial charge in [0.1, 0.15) is 5.78 Å². The first-order chi connectivity index (χ1) is 15.5. The van der Waals surface area contributed by atoms with Gasteiger partial charge in [0.05, 0.1) is 11.7 Å². The molecule has 1 saturated heterocycles. The number of fused-ring (bicyclic) bond motifs is 5. The van der Waals surface area contributed by atoms with E-state index in [9.17, 15) is 15.0 Å². The molecule has 4 heteroatoms. The number of aliphatic hydroxyl groups is 2. The summed E-state index contributed by atoms with van der Waals surface area (Å²) in [5, 5.41) is 22.8. The van der Waals surface area contributed by atoms with Gasteiger partial charge in [-0.2, -0.15) is 0 Å². The second kappa shape index (κ2) is 8.30. The molecule has 4 saturated carbocycles. The summed E-state index contributed by atoms with van der Waals surface area (Å²) in [5.74, 6) is 2.63. The summed E-state index contributed by atoms with van der Waals surface area (Å²) in [5.41, 5.74) is -0.778. The van der Waals surface area contributed by atoms with E-state index in [0.29, 0.717) is 30.0 Å². The highest BCUT2D eigenvalue weighted by Gasteiger charge is 2.69. The molecule has 1 heterocycles. The van der Waals surface area contributed by atoms with E-state index in [0.717, 1.165) is 38.5 Å². The number of Topliss-reactive ketones (excluding diaryl/α,β-unsaturated/α-hetero) is 1. The Bertz CT molecular complexity index is 765. The maximum atomic E-state index is 13.7. The molecule has 0 aromatic carbocycles. The maximum Gasteiger partial charge on any atom is 0.155 e. The van der Waals surface area contributed by atoms with Crippen molar-refractivity contribution in [2.24, 2.45) is 52.3 Å². The third kappa shape index (κ3) is 3.51. The van der Waals surface area contributed by atoms with E-state index in [1.165, 1.54) is 25.7 Å². The molecule has 0 aromatic rings. The van der Waals surface area contributed by atoms with Crippen LogP contribution in [0, 0.1) is 52.3 Å². The first kappa shape index (κ1) is 24.3. The molecule has 5 aliphatic rings. The van der Waals surface area contributed by atoms with Gasteiger partial charge in [-0.15, -0.1) is 0 Å². The number of rotatable bonds is 3. The molecule has 11 atom stereocenters. The highest BCUT2D eigenvalue weighted by Crippen LogP contribution is 2.69. The van der Waals surface area contributed by atoms with E-state index >= 15 is 0 Å². The Balaban J connectivity index is 1.41. The molecule has 2 N–H and O–H groups in total. The van der Waals surface area contributed by atoms with Crippen molar-refractivity contribution in [3.8, 4) is 0 Å². The zero-order chi connectivity index (χ0) is 23.8. The van der Waals surface area contributed by atoms with Gasteiger partial charge in [0, 0.05) is 18.8 Å². The van der Waals surface area contributed by atoms with E-state index in [4.69, 9.17) is 4.74 Å². The lowest BCUT2D eigenvalue weighted by Gasteiger charge is -2.64. The van der Waals surface area contributed by atoms with Crippen LogP contribution in [0.2, 0.25) is 0 Å². The Morgan fingerprint density at radius 3 is 2.48 bits per heavy atom. The van der Waals surface area contributed by atoms with Gasteiger partial charge in [-0.05, 0) is 91.3 Å². The van der Waals surface area contributed by atoms with Crippen LogP contribution in [0.15, 0.2) is 0 Å². The summed E-state index contributed by atoms with van der Waals surface area (Å²) in [6.45, 7) is 11.5. The topological polar surface area (TPSA) is 66.8 Å². The number of hydrogen-bond donors (Lipinski definition) is 2. The number of ketones is 1. The lowest BCUT2D eigenvalue weighted by molar-refractivity contribution is -0.238. The van der Waals surface area contributed by atoms with Gasteiger partial charge in [-0.25, -0.2) is 0 Å². The monoisotopic (exact) mass is 460 g/mol. The van der Waals surface area contributed by atoms with Crippen LogP contribution in [-0.2, 0) is 9.53 Å². The van der Waals surface area contributed by atoms with Crippen LogP contribution in [0.4, 0.5) is 0 Å². The molecule has 33 heavy (non-hydrogen) atoms. The van der Waals surface area contributed by atoms with Gasteiger partial charge in [-0.3, -0.25) is 4.79 Å². The highest BCUT2D eigenvalue weighted by atomic mass is 16.6. The standard InChI is InChI=1S/C29H48O4/c1-17(2)19-14-24(33-25(31)15-19)18(3)22-16-23(30)26-21-10-9-20-8-6-7-11-28(20,5)29(21,32)13-12-27(22,26)4/h17-22,24-26,31-32H,6-16H2,1-5H3/t18?,19?,20?,21?,22?,24?,25?,26?,27-,28+,29-/m1/s1. The largest absolute Gasteiger partial charge is 0.389 e. The van der Waals surface area contributed by atoms with Gasteiger partial charge < -0.3 is 14.9 Å². The Morgan fingerprint density at radius 2 is 1.76 bits per heavy atom. The first-order valence-corrected chi connectivity index (χ1v) is 14.1. The predicted octanol–water partition coefficient (Wildman–Crippen LogP) is 5.74. The molecule has 4 nitrogen and oxygen atoms in total. The molecule has 5 fully saturated rings. The zero-order valence-corrected chi connectivity index (χ0v) is 21.7. The lowest BCUT2D eigenvalue weighted by Crippen LogP contribution is -2.65. The van der Waals surface area contributed by atoms with Gasteiger partial charge in [0.25, 0.3) is 0 Å². The predicted molar refractivity (Wildman–Crippen MR) is 129 cm³/mol. The lowest BCUT2D eigenvalue weighted by atomic mass is 9.42. The Kier molecular flexibility index (Phi) is 6.10. The number of carbonyl (C=O) groups excluding carboxylic acids is 1. The van der Waals surface area contributed by atoms with Gasteiger partial charge in [0.2, 0.25) is 0 Å². The molecule has 0 amide bonds. The third-order valence-electron chi connectivity index (χ3n) is 12.1. The quantitative estimate of drug-likeness (QED) is 0.564. The van der Waals surface area contributed by atoms with Crippen LogP contribution in [-0.4, -0.2) is 34.0 Å². The van der Waals surface area contributed by atoms with Crippen LogP contribution in [0.25, 0.3) is 0 Å². The zero-order valence-electron chi connectivity index (χ0n) is 21.7. The Hall–Kier alpha value is -0.450. The van der Waals surface area contributed by atoms with Crippen molar-refractivity contribution in [3.63, 3.8) is 0 Å². The molecule has 0 bridgehead atoms. The van der Waals surface area contributed by atoms with E-state index < -0.39 is 11.9 Å². The number of hydrogen-bond acceptors (Lipinski definition) is 4. The molecule has 1 aliphatic heterocycles. The van der Waals surface area contributed by atoms with Gasteiger partial charge in [-0.1, -0.05) is 47.5 Å². The smallest absolute Gasteiger partial charge is 0.155 e. The molecule has 5 rings (SSSR count). The molecule has 0 spiro atoms. The minimum Gasteiger partial charge on any atom is -0.389 e. The van der Waals surface area contributed by atoms with Crippen molar-refractivity contribution in [2.75, 3.05) is 0 Å². The van der Waals surface area contributed by atoms with Crippen LogP contribution in [0.3, 0.4) is 0 Å². The fraction of sp³-hybridized carbons (Fsp3) is 0.966. The summed E-state index contributed by atoms with van der Waals surface area (Å²) in [6, 6.07) is 0. The van der Waals surface area contributed by atoms with Crippen LogP contribution < -0.4 is 0 Å². The van der Waals surface area contributed by atoms with Gasteiger partial charge in [0.15, 0.2) is 6.29 Å². The SMILES string of the molecule is CC(C)C1CC(O)OC(C(C)C2CC(=O)C3C4CCC5CCCC[C@]5(C)[C@@]4(O)CC[C@]23C)C1. The Labute approximate surface area is 201 Å². The van der Waals surface area contributed by atoms with Crippen LogP contribution in [0.5, 0.6) is 0 Å². The number of carbonyl (C=O) groups is 1. The summed E-state index contributed by atoms with van der Waals surface area (Å²) in [4.78, 5) is 13.7. The molecular formula is C29H48O4. The second-order valence-electron chi connectivity index (χ2n) is 13.7. The molecule has 4 aliphatic carbocycles. The van der Waals surface area contributed by atoms with Crippen molar-refractivity contribution in [1.29, 1.82) is 0 Å². The fourth-order valence-electron chi connectivity index (χ4n) is 9.95. The van der Waals surface area contributed by atoms with Crippen LogP contribution in [0.1, 0.15) is 105 Å². The van der Waals surface area contributed by atoms with E-state index in [1.807, 2.05) is 0 Å². The summed E-state index contributed by atoms with van der Waals surface area (Å²) >= 11 is 0. The minimum absolute atomic E-state index is 0.0157. The van der Waals surface area contributed by atoms with Gasteiger partial charge >= 0.3 is 0 Å².